The molecule has 0 aromatic carbocycles. The fourth-order valence-corrected chi connectivity index (χ4v) is 2.38. The second kappa shape index (κ2) is 8.37. The number of aromatic nitrogens is 2. The molecule has 0 saturated heterocycles. The van der Waals surface area contributed by atoms with Crippen LogP contribution in [-0.4, -0.2) is 41.1 Å². The topological polar surface area (TPSA) is 67.7 Å². The minimum Gasteiger partial charge on any atom is -0.480 e. The molecule has 1 saturated carbocycles. The van der Waals surface area contributed by atoms with E-state index < -0.39 is 0 Å². The Bertz CT molecular complexity index is 715. The molecular weight excluding hydrogens is 316 g/mol. The number of allylic oxidation sites excluding steroid dienone is 2. The van der Waals surface area contributed by atoms with Crippen molar-refractivity contribution < 1.29 is 9.53 Å². The molecule has 0 unspecified atom stereocenters. The summed E-state index contributed by atoms with van der Waals surface area (Å²) in [4.78, 5) is 27.1. The molecule has 132 valence electrons. The van der Waals surface area contributed by atoms with Gasteiger partial charge in [0.2, 0.25) is 5.88 Å². The first kappa shape index (κ1) is 18.6. The van der Waals surface area contributed by atoms with Crippen LogP contribution < -0.4 is 0 Å². The number of nitrogens with zero attached hydrogens (tertiary/aromatic N) is 4. The number of rotatable bonds is 8. The molecule has 0 aliphatic heterocycles. The lowest BCUT2D eigenvalue weighted by Crippen LogP contribution is -2.32. The van der Waals surface area contributed by atoms with Crippen molar-refractivity contribution in [3.05, 3.63) is 59.7 Å². The van der Waals surface area contributed by atoms with Crippen LogP contribution in [0.1, 0.15) is 48.8 Å². The normalized spacial score (nSPS) is 14.8. The molecule has 0 bridgehead atoms. The summed E-state index contributed by atoms with van der Waals surface area (Å²) in [5.74, 6) is 1.27. The zero-order chi connectivity index (χ0) is 18.4. The van der Waals surface area contributed by atoms with Gasteiger partial charge in [-0.25, -0.2) is 15.0 Å². The summed E-state index contributed by atoms with van der Waals surface area (Å²) in [5.41, 5.74) is 1.75. The Morgan fingerprint density at radius 2 is 2.08 bits per heavy atom. The van der Waals surface area contributed by atoms with Crippen LogP contribution in [0.3, 0.4) is 0 Å². The van der Waals surface area contributed by atoms with Crippen LogP contribution in [0.4, 0.5) is 0 Å². The average Bonchev–Trinajstić information content (AvgIpc) is 3.44. The van der Waals surface area contributed by atoms with Gasteiger partial charge in [0.15, 0.2) is 0 Å². The lowest BCUT2D eigenvalue weighted by molar-refractivity contribution is 0.0811. The summed E-state index contributed by atoms with van der Waals surface area (Å²) >= 11 is 0. The quantitative estimate of drug-likeness (QED) is 0.314. The lowest BCUT2D eigenvalue weighted by Gasteiger charge is -2.24. The van der Waals surface area contributed by atoms with Crippen molar-refractivity contribution in [1.29, 1.82) is 0 Å². The van der Waals surface area contributed by atoms with Crippen LogP contribution in [0.25, 0.3) is 0 Å². The van der Waals surface area contributed by atoms with Crippen molar-refractivity contribution in [3.63, 3.8) is 0 Å². The van der Waals surface area contributed by atoms with Gasteiger partial charge in [-0.2, -0.15) is 0 Å². The molecule has 6 nitrogen and oxygen atoms in total. The van der Waals surface area contributed by atoms with Crippen LogP contribution in [0.5, 0.6) is 0 Å². The minimum absolute atomic E-state index is 0.239. The first-order chi connectivity index (χ1) is 12.0. The SMILES string of the molecule is C=N/C(OC)=C(\C=C/C)N(CC(=C)C)C(=O)c1cnc(C2CC2)nc1. The molecule has 1 heterocycles. The smallest absolute Gasteiger partial charge is 0.261 e. The predicted octanol–water partition coefficient (Wildman–Crippen LogP) is 3.46. The molecule has 1 aliphatic rings. The van der Waals surface area contributed by atoms with Crippen molar-refractivity contribution in [2.24, 2.45) is 4.99 Å². The highest BCUT2D eigenvalue weighted by Gasteiger charge is 2.27. The summed E-state index contributed by atoms with van der Waals surface area (Å²) in [5, 5.41) is 0. The summed E-state index contributed by atoms with van der Waals surface area (Å²) in [6.45, 7) is 11.5. The Hall–Kier alpha value is -2.76. The van der Waals surface area contributed by atoms with E-state index in [2.05, 4.69) is 28.3 Å². The summed E-state index contributed by atoms with van der Waals surface area (Å²) in [6.07, 6.45) is 8.96. The van der Waals surface area contributed by atoms with Gasteiger partial charge in [0.25, 0.3) is 5.91 Å². The number of ether oxygens (including phenoxy) is 1. The van der Waals surface area contributed by atoms with Crippen LogP contribution >= 0.6 is 0 Å². The van der Waals surface area contributed by atoms with Crippen molar-refractivity contribution >= 4 is 12.6 Å². The van der Waals surface area contributed by atoms with E-state index in [1.807, 2.05) is 19.9 Å². The standard InChI is InChI=1S/C19H24N4O2/c1-6-7-16(18(20-4)25-5)23(12-13(2)3)19(24)15-10-21-17(22-11-15)14-8-9-14/h6-7,10-11,14H,2,4,8-9,12H2,1,3,5H3/b7-6-,18-16-. The monoisotopic (exact) mass is 340 g/mol. The van der Waals surface area contributed by atoms with Gasteiger partial charge in [-0.15, -0.1) is 0 Å². The number of methoxy groups -OCH3 is 1. The van der Waals surface area contributed by atoms with E-state index in [-0.39, 0.29) is 11.8 Å². The van der Waals surface area contributed by atoms with E-state index in [9.17, 15) is 4.79 Å². The van der Waals surface area contributed by atoms with E-state index >= 15 is 0 Å². The number of carbonyl (C=O) groups excluding carboxylic acids is 1. The largest absolute Gasteiger partial charge is 0.480 e. The second-order valence-electron chi connectivity index (χ2n) is 6.01. The van der Waals surface area contributed by atoms with Gasteiger partial charge in [-0.05, 0) is 39.5 Å². The molecule has 0 radical (unpaired) electrons. The average molecular weight is 340 g/mol. The van der Waals surface area contributed by atoms with E-state index in [1.54, 1.807) is 23.4 Å². The van der Waals surface area contributed by atoms with E-state index in [0.29, 0.717) is 23.7 Å². The third-order valence-corrected chi connectivity index (χ3v) is 3.71. The van der Waals surface area contributed by atoms with E-state index in [0.717, 1.165) is 24.2 Å². The second-order valence-corrected chi connectivity index (χ2v) is 6.01. The van der Waals surface area contributed by atoms with Crippen molar-refractivity contribution in [1.82, 2.24) is 14.9 Å². The number of amides is 1. The van der Waals surface area contributed by atoms with Gasteiger partial charge in [-0.1, -0.05) is 18.2 Å². The Kier molecular flexibility index (Phi) is 6.22. The van der Waals surface area contributed by atoms with Crippen LogP contribution in [0, 0.1) is 0 Å². The maximum Gasteiger partial charge on any atom is 0.261 e. The van der Waals surface area contributed by atoms with Gasteiger partial charge in [0.05, 0.1) is 12.7 Å². The number of aliphatic imine (C=N–C) groups is 1. The zero-order valence-corrected chi connectivity index (χ0v) is 15.0. The van der Waals surface area contributed by atoms with Gasteiger partial charge in [-0.3, -0.25) is 9.69 Å². The highest BCUT2D eigenvalue weighted by Crippen LogP contribution is 2.37. The van der Waals surface area contributed by atoms with Crippen LogP contribution in [0.2, 0.25) is 0 Å². The summed E-state index contributed by atoms with van der Waals surface area (Å²) in [6, 6.07) is 0. The van der Waals surface area contributed by atoms with Crippen molar-refractivity contribution in [2.45, 2.75) is 32.6 Å². The molecular formula is C19H24N4O2. The lowest BCUT2D eigenvalue weighted by atomic mass is 10.2. The zero-order valence-electron chi connectivity index (χ0n) is 15.0. The Balaban J connectivity index is 2.40. The maximum absolute atomic E-state index is 13.0. The first-order valence-corrected chi connectivity index (χ1v) is 8.17. The third kappa shape index (κ3) is 4.62. The van der Waals surface area contributed by atoms with Crippen molar-refractivity contribution in [2.75, 3.05) is 13.7 Å². The number of carbonyl (C=O) groups is 1. The molecule has 0 spiro atoms. The van der Waals surface area contributed by atoms with E-state index in [1.165, 1.54) is 7.11 Å². The van der Waals surface area contributed by atoms with Gasteiger partial charge in [0, 0.05) is 24.9 Å². The fraction of sp³-hybridized carbons (Fsp3) is 0.368. The highest BCUT2D eigenvalue weighted by atomic mass is 16.5. The van der Waals surface area contributed by atoms with Gasteiger partial charge < -0.3 is 4.74 Å². The van der Waals surface area contributed by atoms with Gasteiger partial charge >= 0.3 is 0 Å². The molecule has 6 heteroatoms. The van der Waals surface area contributed by atoms with Crippen molar-refractivity contribution in [3.8, 4) is 0 Å². The Morgan fingerprint density at radius 1 is 1.44 bits per heavy atom. The number of hydrogen-bond donors (Lipinski definition) is 0. The molecule has 1 fully saturated rings. The summed E-state index contributed by atoms with van der Waals surface area (Å²) < 4.78 is 5.27. The molecule has 25 heavy (non-hydrogen) atoms. The Morgan fingerprint density at radius 3 is 2.52 bits per heavy atom. The summed E-state index contributed by atoms with van der Waals surface area (Å²) in [7, 11) is 1.49. The maximum atomic E-state index is 13.0. The third-order valence-electron chi connectivity index (χ3n) is 3.71. The molecule has 1 aromatic heterocycles. The fourth-order valence-electron chi connectivity index (χ4n) is 2.38. The highest BCUT2D eigenvalue weighted by molar-refractivity contribution is 5.95. The van der Waals surface area contributed by atoms with E-state index in [4.69, 9.17) is 4.74 Å². The molecule has 0 N–H and O–H groups in total. The molecule has 1 amide bonds. The minimum atomic E-state index is -0.239. The molecule has 2 rings (SSSR count). The first-order valence-electron chi connectivity index (χ1n) is 8.17. The van der Waals surface area contributed by atoms with Crippen LogP contribution in [0.15, 0.2) is 53.3 Å². The molecule has 1 aromatic rings. The molecule has 1 aliphatic carbocycles. The van der Waals surface area contributed by atoms with Gasteiger partial charge in [0.1, 0.15) is 11.5 Å². The molecule has 0 atom stereocenters. The predicted molar refractivity (Wildman–Crippen MR) is 98.3 cm³/mol. The Labute approximate surface area is 148 Å². The number of hydrogen-bond acceptors (Lipinski definition) is 5. The van der Waals surface area contributed by atoms with Crippen LogP contribution in [-0.2, 0) is 4.74 Å².